The minimum Gasteiger partial charge on any atom is -0.481 e. The minimum atomic E-state index is -0.818. The van der Waals surface area contributed by atoms with E-state index in [2.05, 4.69) is 0 Å². The molecule has 1 atom stereocenters. The number of carboxylic acid groups (broad SMARTS) is 1. The Balaban J connectivity index is 2.78. The summed E-state index contributed by atoms with van der Waals surface area (Å²) in [5.74, 6) is -1.13. The predicted octanol–water partition coefficient (Wildman–Crippen LogP) is 2.79. The molecule has 0 amide bonds. The zero-order chi connectivity index (χ0) is 10.6. The van der Waals surface area contributed by atoms with Gasteiger partial charge in [0.05, 0.1) is 6.42 Å². The van der Waals surface area contributed by atoms with Gasteiger partial charge in [-0.3, -0.25) is 4.79 Å². The van der Waals surface area contributed by atoms with Gasteiger partial charge in [0.1, 0.15) is 5.82 Å². The smallest absolute Gasteiger partial charge is 0.303 e. The van der Waals surface area contributed by atoms with Crippen molar-refractivity contribution in [3.05, 3.63) is 35.6 Å². The Kier molecular flexibility index (Phi) is 3.63. The first-order chi connectivity index (χ1) is 6.63. The monoisotopic (exact) mass is 196 g/mol. The Morgan fingerprint density at radius 3 is 2.43 bits per heavy atom. The third-order valence-corrected chi connectivity index (χ3v) is 2.26. The average molecular weight is 196 g/mol. The molecule has 0 saturated heterocycles. The molecule has 1 aromatic rings. The summed E-state index contributed by atoms with van der Waals surface area (Å²) in [6.45, 7) is 1.93. The lowest BCUT2D eigenvalue weighted by Crippen LogP contribution is -2.05. The summed E-state index contributed by atoms with van der Waals surface area (Å²) in [5, 5.41) is 8.66. The Hall–Kier alpha value is -1.38. The Morgan fingerprint density at radius 2 is 2.00 bits per heavy atom. The maximum Gasteiger partial charge on any atom is 0.303 e. The highest BCUT2D eigenvalue weighted by molar-refractivity contribution is 5.68. The number of aliphatic carboxylic acids is 1. The van der Waals surface area contributed by atoms with Gasteiger partial charge in [-0.15, -0.1) is 0 Å². The van der Waals surface area contributed by atoms with E-state index in [-0.39, 0.29) is 18.2 Å². The second-order valence-corrected chi connectivity index (χ2v) is 3.25. The summed E-state index contributed by atoms with van der Waals surface area (Å²) in [5.41, 5.74) is 0.885. The molecule has 0 saturated carbocycles. The number of hydrogen-bond acceptors (Lipinski definition) is 1. The van der Waals surface area contributed by atoms with E-state index in [0.717, 1.165) is 12.0 Å². The topological polar surface area (TPSA) is 37.3 Å². The molecule has 1 N–H and O–H groups in total. The molecular formula is C11H13FO2. The third kappa shape index (κ3) is 2.83. The molecule has 0 aliphatic rings. The molecule has 1 aromatic carbocycles. The van der Waals surface area contributed by atoms with Gasteiger partial charge in [-0.1, -0.05) is 19.1 Å². The van der Waals surface area contributed by atoms with Gasteiger partial charge in [0.2, 0.25) is 0 Å². The van der Waals surface area contributed by atoms with Gasteiger partial charge in [-0.25, -0.2) is 4.39 Å². The largest absolute Gasteiger partial charge is 0.481 e. The van der Waals surface area contributed by atoms with Crippen LogP contribution in [-0.2, 0) is 4.79 Å². The van der Waals surface area contributed by atoms with Crippen LogP contribution in [-0.4, -0.2) is 11.1 Å². The van der Waals surface area contributed by atoms with E-state index in [1.54, 1.807) is 12.1 Å². The molecule has 76 valence electrons. The van der Waals surface area contributed by atoms with Gasteiger partial charge in [-0.2, -0.15) is 0 Å². The minimum absolute atomic E-state index is 0.0203. The molecule has 0 aliphatic heterocycles. The van der Waals surface area contributed by atoms with Gasteiger partial charge >= 0.3 is 5.97 Å². The summed E-state index contributed by atoms with van der Waals surface area (Å²) in [4.78, 5) is 10.5. The highest BCUT2D eigenvalue weighted by Crippen LogP contribution is 2.23. The fourth-order valence-electron chi connectivity index (χ4n) is 1.44. The molecule has 0 radical (unpaired) electrons. The van der Waals surface area contributed by atoms with Crippen molar-refractivity contribution in [1.29, 1.82) is 0 Å². The normalized spacial score (nSPS) is 12.4. The molecule has 3 heteroatoms. The summed E-state index contributed by atoms with van der Waals surface area (Å²) < 4.78 is 12.6. The van der Waals surface area contributed by atoms with Gasteiger partial charge in [-0.05, 0) is 30.0 Å². The lowest BCUT2D eigenvalue weighted by atomic mass is 9.93. The van der Waals surface area contributed by atoms with Crippen LogP contribution in [0.4, 0.5) is 4.39 Å². The first kappa shape index (κ1) is 10.7. The third-order valence-electron chi connectivity index (χ3n) is 2.26. The van der Waals surface area contributed by atoms with Crippen molar-refractivity contribution in [1.82, 2.24) is 0 Å². The standard InChI is InChI=1S/C11H13FO2/c1-2-8(7-11(13)14)9-3-5-10(12)6-4-9/h3-6,8H,2,7H2,1H3,(H,13,14). The van der Waals surface area contributed by atoms with Crippen LogP contribution in [0, 0.1) is 5.82 Å². The molecule has 0 fully saturated rings. The molecule has 0 heterocycles. The number of halogens is 1. The van der Waals surface area contributed by atoms with Crippen molar-refractivity contribution >= 4 is 5.97 Å². The van der Waals surface area contributed by atoms with Crippen molar-refractivity contribution < 1.29 is 14.3 Å². The summed E-state index contributed by atoms with van der Waals surface area (Å²) >= 11 is 0. The van der Waals surface area contributed by atoms with E-state index < -0.39 is 5.97 Å². The quantitative estimate of drug-likeness (QED) is 0.803. The second kappa shape index (κ2) is 4.74. The van der Waals surface area contributed by atoms with E-state index >= 15 is 0 Å². The molecule has 1 rings (SSSR count). The molecule has 2 nitrogen and oxygen atoms in total. The molecule has 1 unspecified atom stereocenters. The summed E-state index contributed by atoms with van der Waals surface area (Å²) in [7, 11) is 0. The summed E-state index contributed by atoms with van der Waals surface area (Å²) in [6, 6.07) is 6.01. The zero-order valence-corrected chi connectivity index (χ0v) is 8.03. The fourth-order valence-corrected chi connectivity index (χ4v) is 1.44. The lowest BCUT2D eigenvalue weighted by Gasteiger charge is -2.12. The van der Waals surface area contributed by atoms with E-state index in [1.165, 1.54) is 12.1 Å². The van der Waals surface area contributed by atoms with Crippen LogP contribution in [0.3, 0.4) is 0 Å². The van der Waals surface area contributed by atoms with Crippen molar-refractivity contribution in [2.75, 3.05) is 0 Å². The van der Waals surface area contributed by atoms with Crippen LogP contribution in [0.25, 0.3) is 0 Å². The number of hydrogen-bond donors (Lipinski definition) is 1. The van der Waals surface area contributed by atoms with Gasteiger partial charge in [0.25, 0.3) is 0 Å². The van der Waals surface area contributed by atoms with Crippen molar-refractivity contribution in [3.63, 3.8) is 0 Å². The van der Waals surface area contributed by atoms with Crippen LogP contribution >= 0.6 is 0 Å². The van der Waals surface area contributed by atoms with Gasteiger partial charge in [0.15, 0.2) is 0 Å². The maximum absolute atomic E-state index is 12.6. The number of carbonyl (C=O) groups is 1. The van der Waals surface area contributed by atoms with E-state index in [0.29, 0.717) is 0 Å². The lowest BCUT2D eigenvalue weighted by molar-refractivity contribution is -0.137. The van der Waals surface area contributed by atoms with E-state index in [4.69, 9.17) is 5.11 Å². The molecule has 0 aromatic heterocycles. The second-order valence-electron chi connectivity index (χ2n) is 3.25. The van der Waals surface area contributed by atoms with Crippen molar-refractivity contribution in [3.8, 4) is 0 Å². The van der Waals surface area contributed by atoms with Crippen LogP contribution < -0.4 is 0 Å². The van der Waals surface area contributed by atoms with Crippen LogP contribution in [0.2, 0.25) is 0 Å². The highest BCUT2D eigenvalue weighted by atomic mass is 19.1. The molecule has 0 spiro atoms. The first-order valence-corrected chi connectivity index (χ1v) is 4.60. The van der Waals surface area contributed by atoms with Crippen LogP contribution in [0.1, 0.15) is 31.2 Å². The fraction of sp³-hybridized carbons (Fsp3) is 0.364. The predicted molar refractivity (Wildman–Crippen MR) is 51.7 cm³/mol. The Bertz CT molecular complexity index is 306. The number of carboxylic acids is 1. The van der Waals surface area contributed by atoms with E-state index in [9.17, 15) is 9.18 Å². The molecule has 0 aliphatic carbocycles. The maximum atomic E-state index is 12.6. The van der Waals surface area contributed by atoms with Crippen LogP contribution in [0.5, 0.6) is 0 Å². The number of benzene rings is 1. The summed E-state index contributed by atoms with van der Waals surface area (Å²) in [6.07, 6.45) is 0.847. The molecule has 14 heavy (non-hydrogen) atoms. The average Bonchev–Trinajstić information content (AvgIpc) is 2.15. The Labute approximate surface area is 82.4 Å². The Morgan fingerprint density at radius 1 is 1.43 bits per heavy atom. The highest BCUT2D eigenvalue weighted by Gasteiger charge is 2.13. The van der Waals surface area contributed by atoms with Crippen molar-refractivity contribution in [2.24, 2.45) is 0 Å². The van der Waals surface area contributed by atoms with E-state index in [1.807, 2.05) is 6.92 Å². The van der Waals surface area contributed by atoms with Crippen molar-refractivity contribution in [2.45, 2.75) is 25.7 Å². The van der Waals surface area contributed by atoms with Crippen LogP contribution in [0.15, 0.2) is 24.3 Å². The molecular weight excluding hydrogens is 183 g/mol. The first-order valence-electron chi connectivity index (χ1n) is 4.60. The SMILES string of the molecule is CCC(CC(=O)O)c1ccc(F)cc1. The zero-order valence-electron chi connectivity index (χ0n) is 8.03. The number of rotatable bonds is 4. The van der Waals surface area contributed by atoms with Gasteiger partial charge < -0.3 is 5.11 Å². The van der Waals surface area contributed by atoms with Gasteiger partial charge in [0, 0.05) is 0 Å². The molecule has 0 bridgehead atoms.